The van der Waals surface area contributed by atoms with Gasteiger partial charge in [0, 0.05) is 11.7 Å². The fourth-order valence-corrected chi connectivity index (χ4v) is 2.63. The highest BCUT2D eigenvalue weighted by Crippen LogP contribution is 2.38. The van der Waals surface area contributed by atoms with E-state index in [1.54, 1.807) is 13.0 Å². The monoisotopic (exact) mass is 275 g/mol. The lowest BCUT2D eigenvalue weighted by Gasteiger charge is -2.32. The lowest BCUT2D eigenvalue weighted by molar-refractivity contribution is -0.182. The van der Waals surface area contributed by atoms with Crippen LogP contribution in [0, 0.1) is 18.7 Å². The lowest BCUT2D eigenvalue weighted by Crippen LogP contribution is -2.34. The molecule has 1 nitrogen and oxygen atoms in total. The first kappa shape index (κ1) is 14.2. The second-order valence-electron chi connectivity index (χ2n) is 5.21. The molecule has 2 unspecified atom stereocenters. The summed E-state index contributed by atoms with van der Waals surface area (Å²) in [4.78, 5) is 0. The predicted octanol–water partition coefficient (Wildman–Crippen LogP) is 4.67. The molecule has 0 saturated heterocycles. The SMILES string of the molecule is Cc1cc(F)ccc1NC1CCCC(C(F)(F)F)C1. The molecule has 1 aliphatic carbocycles. The Balaban J connectivity index is 2.03. The zero-order valence-electron chi connectivity index (χ0n) is 10.7. The average molecular weight is 275 g/mol. The van der Waals surface area contributed by atoms with Crippen molar-refractivity contribution in [3.8, 4) is 0 Å². The number of halogens is 4. The maximum absolute atomic E-state index is 13.0. The number of nitrogens with one attached hydrogen (secondary N) is 1. The smallest absolute Gasteiger partial charge is 0.382 e. The van der Waals surface area contributed by atoms with Crippen molar-refractivity contribution >= 4 is 5.69 Å². The first-order valence-electron chi connectivity index (χ1n) is 6.45. The van der Waals surface area contributed by atoms with E-state index in [-0.39, 0.29) is 24.7 Å². The van der Waals surface area contributed by atoms with Gasteiger partial charge in [0.1, 0.15) is 5.82 Å². The molecule has 19 heavy (non-hydrogen) atoms. The second kappa shape index (κ2) is 5.39. The van der Waals surface area contributed by atoms with Crippen LogP contribution in [0.4, 0.5) is 23.2 Å². The molecule has 0 amide bonds. The Bertz CT molecular complexity index is 442. The first-order valence-corrected chi connectivity index (χ1v) is 6.45. The summed E-state index contributed by atoms with van der Waals surface area (Å²) < 4.78 is 51.1. The van der Waals surface area contributed by atoms with Crippen LogP contribution in [0.1, 0.15) is 31.2 Å². The van der Waals surface area contributed by atoms with Gasteiger partial charge in [0.05, 0.1) is 5.92 Å². The van der Waals surface area contributed by atoms with Crippen molar-refractivity contribution < 1.29 is 17.6 Å². The number of alkyl halides is 3. The molecule has 106 valence electrons. The third-order valence-corrected chi connectivity index (χ3v) is 3.69. The topological polar surface area (TPSA) is 12.0 Å². The van der Waals surface area contributed by atoms with E-state index in [4.69, 9.17) is 0 Å². The fourth-order valence-electron chi connectivity index (χ4n) is 2.63. The van der Waals surface area contributed by atoms with Gasteiger partial charge in [0.25, 0.3) is 0 Å². The molecule has 1 fully saturated rings. The summed E-state index contributed by atoms with van der Waals surface area (Å²) in [5.74, 6) is -1.56. The van der Waals surface area contributed by atoms with Gasteiger partial charge >= 0.3 is 6.18 Å². The van der Waals surface area contributed by atoms with Gasteiger partial charge in [-0.15, -0.1) is 0 Å². The van der Waals surface area contributed by atoms with Crippen molar-refractivity contribution in [3.63, 3.8) is 0 Å². The number of hydrogen-bond donors (Lipinski definition) is 1. The number of anilines is 1. The van der Waals surface area contributed by atoms with Crippen LogP contribution in [0.2, 0.25) is 0 Å². The largest absolute Gasteiger partial charge is 0.391 e. The van der Waals surface area contributed by atoms with E-state index >= 15 is 0 Å². The molecule has 1 N–H and O–H groups in total. The molecule has 0 bridgehead atoms. The summed E-state index contributed by atoms with van der Waals surface area (Å²) in [6.07, 6.45) is -2.51. The number of rotatable bonds is 2. The number of benzene rings is 1. The molecule has 1 aromatic carbocycles. The van der Waals surface area contributed by atoms with Crippen LogP contribution in [0.5, 0.6) is 0 Å². The zero-order chi connectivity index (χ0) is 14.0. The summed E-state index contributed by atoms with van der Waals surface area (Å²) in [5, 5.41) is 3.11. The van der Waals surface area contributed by atoms with Crippen LogP contribution < -0.4 is 5.32 Å². The fraction of sp³-hybridized carbons (Fsp3) is 0.571. The molecular formula is C14H17F4N. The third kappa shape index (κ3) is 3.61. The highest BCUT2D eigenvalue weighted by Gasteiger charge is 2.42. The molecule has 2 rings (SSSR count). The van der Waals surface area contributed by atoms with Gasteiger partial charge in [-0.1, -0.05) is 6.42 Å². The number of aryl methyl sites for hydroxylation is 1. The average Bonchev–Trinajstić information content (AvgIpc) is 2.32. The third-order valence-electron chi connectivity index (χ3n) is 3.69. The van der Waals surface area contributed by atoms with Gasteiger partial charge < -0.3 is 5.32 Å². The molecule has 1 aromatic rings. The lowest BCUT2D eigenvalue weighted by atomic mass is 9.85. The summed E-state index contributed by atoms with van der Waals surface area (Å²) in [7, 11) is 0. The van der Waals surface area contributed by atoms with Crippen molar-refractivity contribution in [1.82, 2.24) is 0 Å². The minimum absolute atomic E-state index is 0.0975. The standard InChI is InChI=1S/C14H17F4N/c1-9-7-11(15)5-6-13(9)19-12-4-2-3-10(8-12)14(16,17)18/h5-7,10,12,19H,2-4,8H2,1H3. The first-order chi connectivity index (χ1) is 8.86. The van der Waals surface area contributed by atoms with E-state index in [1.807, 2.05) is 0 Å². The van der Waals surface area contributed by atoms with Crippen LogP contribution in [0.15, 0.2) is 18.2 Å². The molecule has 0 heterocycles. The van der Waals surface area contributed by atoms with Crippen molar-refractivity contribution in [1.29, 1.82) is 0 Å². The number of hydrogen-bond acceptors (Lipinski definition) is 1. The van der Waals surface area contributed by atoms with Gasteiger partial charge in [0.2, 0.25) is 0 Å². The molecule has 2 atom stereocenters. The highest BCUT2D eigenvalue weighted by atomic mass is 19.4. The summed E-state index contributed by atoms with van der Waals surface area (Å²) >= 11 is 0. The molecule has 0 radical (unpaired) electrons. The van der Waals surface area contributed by atoms with Gasteiger partial charge in [-0.05, 0) is 49.9 Å². The molecule has 1 saturated carbocycles. The molecular weight excluding hydrogens is 258 g/mol. The van der Waals surface area contributed by atoms with E-state index in [0.29, 0.717) is 17.7 Å². The molecule has 0 aromatic heterocycles. The van der Waals surface area contributed by atoms with E-state index in [2.05, 4.69) is 5.32 Å². The summed E-state index contributed by atoms with van der Waals surface area (Å²) in [6.45, 7) is 1.75. The highest BCUT2D eigenvalue weighted by molar-refractivity contribution is 5.51. The van der Waals surface area contributed by atoms with Gasteiger partial charge in [-0.25, -0.2) is 4.39 Å². The Kier molecular flexibility index (Phi) is 4.02. The van der Waals surface area contributed by atoms with E-state index < -0.39 is 12.1 Å². The van der Waals surface area contributed by atoms with Crippen molar-refractivity contribution in [2.45, 2.75) is 44.8 Å². The Morgan fingerprint density at radius 1 is 1.21 bits per heavy atom. The normalized spacial score (nSPS) is 24.3. The second-order valence-corrected chi connectivity index (χ2v) is 5.21. The van der Waals surface area contributed by atoms with Crippen LogP contribution in [-0.2, 0) is 0 Å². The quantitative estimate of drug-likeness (QED) is 0.773. The maximum Gasteiger partial charge on any atom is 0.391 e. The van der Waals surface area contributed by atoms with Crippen LogP contribution in [0.3, 0.4) is 0 Å². The van der Waals surface area contributed by atoms with E-state index in [0.717, 1.165) is 6.42 Å². The minimum Gasteiger partial charge on any atom is -0.382 e. The Hall–Kier alpha value is -1.26. The van der Waals surface area contributed by atoms with Gasteiger partial charge in [-0.3, -0.25) is 0 Å². The van der Waals surface area contributed by atoms with Crippen molar-refractivity contribution in [2.75, 3.05) is 5.32 Å². The van der Waals surface area contributed by atoms with Crippen molar-refractivity contribution in [3.05, 3.63) is 29.6 Å². The van der Waals surface area contributed by atoms with E-state index in [1.165, 1.54) is 12.1 Å². The zero-order valence-corrected chi connectivity index (χ0v) is 10.7. The Morgan fingerprint density at radius 3 is 2.58 bits per heavy atom. The van der Waals surface area contributed by atoms with Crippen LogP contribution in [-0.4, -0.2) is 12.2 Å². The molecule has 0 aliphatic heterocycles. The predicted molar refractivity (Wildman–Crippen MR) is 66.6 cm³/mol. The minimum atomic E-state index is -4.11. The Labute approximate surface area is 110 Å². The van der Waals surface area contributed by atoms with E-state index in [9.17, 15) is 17.6 Å². The summed E-state index contributed by atoms with van der Waals surface area (Å²) in [5.41, 5.74) is 1.43. The summed E-state index contributed by atoms with van der Waals surface area (Å²) in [6, 6.07) is 4.10. The Morgan fingerprint density at radius 2 is 1.95 bits per heavy atom. The van der Waals surface area contributed by atoms with Gasteiger partial charge in [0.15, 0.2) is 0 Å². The van der Waals surface area contributed by atoms with Crippen LogP contribution >= 0.6 is 0 Å². The van der Waals surface area contributed by atoms with Crippen LogP contribution in [0.25, 0.3) is 0 Å². The molecule has 5 heteroatoms. The molecule has 0 spiro atoms. The van der Waals surface area contributed by atoms with Gasteiger partial charge in [-0.2, -0.15) is 13.2 Å². The molecule has 1 aliphatic rings. The van der Waals surface area contributed by atoms with Crippen molar-refractivity contribution in [2.24, 2.45) is 5.92 Å². The maximum atomic E-state index is 13.0.